The molecule has 1 fully saturated rings. The molecule has 0 aliphatic carbocycles. The molecule has 1 amide bonds. The number of aromatic nitrogens is 4. The minimum Gasteiger partial charge on any atom is -0.494 e. The fourth-order valence-corrected chi connectivity index (χ4v) is 3.83. The average molecular weight is 419 g/mol. The van der Waals surface area contributed by atoms with E-state index in [-0.39, 0.29) is 17.4 Å². The van der Waals surface area contributed by atoms with Crippen LogP contribution in [0.4, 0.5) is 0 Å². The Bertz CT molecular complexity index is 1080. The number of benzene rings is 1. The van der Waals surface area contributed by atoms with Crippen molar-refractivity contribution < 1.29 is 9.53 Å². The molecule has 8 nitrogen and oxygen atoms in total. The van der Waals surface area contributed by atoms with E-state index in [9.17, 15) is 9.59 Å². The van der Waals surface area contributed by atoms with E-state index in [1.54, 1.807) is 18.6 Å². The average Bonchev–Trinajstić information content (AvgIpc) is 2.81. The van der Waals surface area contributed by atoms with E-state index in [2.05, 4.69) is 19.9 Å². The summed E-state index contributed by atoms with van der Waals surface area (Å²) >= 11 is 0. The van der Waals surface area contributed by atoms with Crippen molar-refractivity contribution in [1.82, 2.24) is 24.8 Å². The van der Waals surface area contributed by atoms with E-state index in [4.69, 9.17) is 4.74 Å². The number of nitrogens with one attached hydrogen (secondary N) is 1. The van der Waals surface area contributed by atoms with Crippen LogP contribution in [0.1, 0.15) is 36.9 Å². The van der Waals surface area contributed by atoms with Crippen LogP contribution in [-0.2, 0) is 11.2 Å². The molecule has 160 valence electrons. The largest absolute Gasteiger partial charge is 0.494 e. The van der Waals surface area contributed by atoms with Gasteiger partial charge in [0.2, 0.25) is 5.91 Å². The van der Waals surface area contributed by atoms with Crippen LogP contribution in [0.25, 0.3) is 11.5 Å². The maximum atomic E-state index is 12.9. The molecule has 0 radical (unpaired) electrons. The van der Waals surface area contributed by atoms with Gasteiger partial charge in [-0.25, -0.2) is 9.97 Å². The highest BCUT2D eigenvalue weighted by molar-refractivity contribution is 5.79. The summed E-state index contributed by atoms with van der Waals surface area (Å²) in [5.74, 6) is 1.29. The van der Waals surface area contributed by atoms with E-state index >= 15 is 0 Å². The van der Waals surface area contributed by atoms with Gasteiger partial charge in [-0.1, -0.05) is 12.1 Å². The summed E-state index contributed by atoms with van der Waals surface area (Å²) in [4.78, 5) is 42.6. The summed E-state index contributed by atoms with van der Waals surface area (Å²) in [6.07, 6.45) is 6.78. The number of ether oxygens (including phenoxy) is 1. The molecule has 1 aliphatic rings. The van der Waals surface area contributed by atoms with E-state index in [1.807, 2.05) is 36.1 Å². The molecule has 1 atom stereocenters. The Hall–Kier alpha value is -3.55. The van der Waals surface area contributed by atoms with Gasteiger partial charge >= 0.3 is 0 Å². The minimum absolute atomic E-state index is 0.00996. The number of likely N-dealkylation sites (tertiary alicyclic amines) is 1. The predicted octanol–water partition coefficient (Wildman–Crippen LogP) is 2.57. The van der Waals surface area contributed by atoms with Crippen molar-refractivity contribution in [2.45, 2.75) is 32.1 Å². The smallest absolute Gasteiger partial charge is 0.251 e. The van der Waals surface area contributed by atoms with Crippen LogP contribution in [0.3, 0.4) is 0 Å². The van der Waals surface area contributed by atoms with Crippen LogP contribution >= 0.6 is 0 Å². The van der Waals surface area contributed by atoms with Gasteiger partial charge < -0.3 is 14.6 Å². The number of hydrogen-bond donors (Lipinski definition) is 1. The summed E-state index contributed by atoms with van der Waals surface area (Å²) in [7, 11) is 0. The third-order valence-electron chi connectivity index (χ3n) is 5.35. The topological polar surface area (TPSA) is 101 Å². The molecule has 3 heterocycles. The van der Waals surface area contributed by atoms with Gasteiger partial charge in [0.05, 0.1) is 24.9 Å². The molecule has 1 unspecified atom stereocenters. The first kappa shape index (κ1) is 20.7. The summed E-state index contributed by atoms with van der Waals surface area (Å²) < 4.78 is 5.46. The Morgan fingerprint density at radius 1 is 1.26 bits per heavy atom. The second kappa shape index (κ2) is 9.51. The first-order valence-electron chi connectivity index (χ1n) is 10.5. The highest BCUT2D eigenvalue weighted by Crippen LogP contribution is 2.26. The SMILES string of the molecule is CCOc1ccc(CC(=O)N2CCCC(c3cc(=O)[nH]c(-c4cnccn4)n3)C2)cc1. The lowest BCUT2D eigenvalue weighted by molar-refractivity contribution is -0.131. The number of carbonyl (C=O) groups excluding carboxylic acids is 1. The molecule has 2 aromatic heterocycles. The molecular weight excluding hydrogens is 394 g/mol. The van der Waals surface area contributed by atoms with Crippen molar-refractivity contribution in [3.8, 4) is 17.3 Å². The van der Waals surface area contributed by atoms with Crippen molar-refractivity contribution in [3.05, 3.63) is 70.5 Å². The maximum Gasteiger partial charge on any atom is 0.251 e. The molecule has 0 saturated carbocycles. The molecule has 1 aliphatic heterocycles. The fraction of sp³-hybridized carbons (Fsp3) is 0.348. The lowest BCUT2D eigenvalue weighted by Crippen LogP contribution is -2.40. The monoisotopic (exact) mass is 419 g/mol. The van der Waals surface area contributed by atoms with E-state index in [0.29, 0.717) is 43.3 Å². The van der Waals surface area contributed by atoms with Crippen LogP contribution in [0, 0.1) is 0 Å². The third kappa shape index (κ3) is 5.14. The van der Waals surface area contributed by atoms with Crippen molar-refractivity contribution in [1.29, 1.82) is 0 Å². The summed E-state index contributed by atoms with van der Waals surface area (Å²) in [6.45, 7) is 3.82. The Kier molecular flexibility index (Phi) is 6.35. The van der Waals surface area contributed by atoms with Gasteiger partial charge in [-0.15, -0.1) is 0 Å². The number of hydrogen-bond acceptors (Lipinski definition) is 6. The van der Waals surface area contributed by atoms with Gasteiger partial charge in [-0.05, 0) is 37.5 Å². The predicted molar refractivity (Wildman–Crippen MR) is 116 cm³/mol. The quantitative estimate of drug-likeness (QED) is 0.659. The number of H-pyrrole nitrogens is 1. The van der Waals surface area contributed by atoms with Gasteiger partial charge in [0, 0.05) is 37.5 Å². The first-order valence-corrected chi connectivity index (χ1v) is 10.5. The Balaban J connectivity index is 1.46. The molecule has 4 rings (SSSR count). The molecular formula is C23H25N5O3. The van der Waals surface area contributed by atoms with E-state index < -0.39 is 0 Å². The van der Waals surface area contributed by atoms with Crippen molar-refractivity contribution in [2.75, 3.05) is 19.7 Å². The van der Waals surface area contributed by atoms with E-state index in [0.717, 1.165) is 24.2 Å². The standard InChI is InChI=1S/C23H25N5O3/c1-2-31-18-7-5-16(6-8-18)12-22(30)28-11-3-4-17(15-28)19-13-21(29)27-23(26-19)20-14-24-9-10-25-20/h5-10,13-14,17H,2-4,11-12,15H2,1H3,(H,26,27,29). The van der Waals surface area contributed by atoms with Gasteiger partial charge in [0.1, 0.15) is 11.4 Å². The van der Waals surface area contributed by atoms with Gasteiger partial charge in [0.15, 0.2) is 5.82 Å². The highest BCUT2D eigenvalue weighted by atomic mass is 16.5. The zero-order valence-electron chi connectivity index (χ0n) is 17.5. The van der Waals surface area contributed by atoms with E-state index in [1.165, 1.54) is 6.07 Å². The van der Waals surface area contributed by atoms with Crippen LogP contribution in [0.5, 0.6) is 5.75 Å². The van der Waals surface area contributed by atoms with Crippen molar-refractivity contribution >= 4 is 5.91 Å². The molecule has 1 aromatic carbocycles. The molecule has 3 aromatic rings. The van der Waals surface area contributed by atoms with Crippen LogP contribution in [0.15, 0.2) is 53.7 Å². The molecule has 0 spiro atoms. The number of amides is 1. The second-order valence-electron chi connectivity index (χ2n) is 7.54. The van der Waals surface area contributed by atoms with Gasteiger partial charge in [-0.2, -0.15) is 0 Å². The summed E-state index contributed by atoms with van der Waals surface area (Å²) in [5.41, 5.74) is 1.92. The maximum absolute atomic E-state index is 12.9. The second-order valence-corrected chi connectivity index (χ2v) is 7.54. The molecule has 31 heavy (non-hydrogen) atoms. The molecule has 1 saturated heterocycles. The van der Waals surface area contributed by atoms with Crippen molar-refractivity contribution in [2.24, 2.45) is 0 Å². The van der Waals surface area contributed by atoms with Crippen LogP contribution < -0.4 is 10.3 Å². The summed E-state index contributed by atoms with van der Waals surface area (Å²) in [6, 6.07) is 9.15. The Labute approximate surface area is 180 Å². The van der Waals surface area contributed by atoms with Crippen LogP contribution in [-0.4, -0.2) is 50.4 Å². The Morgan fingerprint density at radius 3 is 2.84 bits per heavy atom. The zero-order chi connectivity index (χ0) is 21.6. The minimum atomic E-state index is -0.233. The van der Waals surface area contributed by atoms with Gasteiger partial charge in [0.25, 0.3) is 5.56 Å². The lowest BCUT2D eigenvalue weighted by atomic mass is 9.94. The molecule has 0 bridgehead atoms. The number of rotatable bonds is 6. The zero-order valence-corrected chi connectivity index (χ0v) is 17.5. The first-order chi connectivity index (χ1) is 15.1. The molecule has 8 heteroatoms. The Morgan fingerprint density at radius 2 is 2.10 bits per heavy atom. The normalized spacial score (nSPS) is 16.2. The number of aromatic amines is 1. The number of carbonyl (C=O) groups is 1. The summed E-state index contributed by atoms with van der Waals surface area (Å²) in [5, 5.41) is 0. The van der Waals surface area contributed by atoms with Crippen LogP contribution in [0.2, 0.25) is 0 Å². The van der Waals surface area contributed by atoms with Gasteiger partial charge in [-0.3, -0.25) is 14.6 Å². The molecule has 1 N–H and O–H groups in total. The lowest BCUT2D eigenvalue weighted by Gasteiger charge is -2.32. The number of piperidine rings is 1. The fourth-order valence-electron chi connectivity index (χ4n) is 3.83. The van der Waals surface area contributed by atoms with Crippen molar-refractivity contribution in [3.63, 3.8) is 0 Å². The number of nitrogens with zero attached hydrogens (tertiary/aromatic N) is 4. The third-order valence-corrected chi connectivity index (χ3v) is 5.35. The highest BCUT2D eigenvalue weighted by Gasteiger charge is 2.26.